The first-order valence-electron chi connectivity index (χ1n) is 6.11. The molecule has 0 radical (unpaired) electrons. The maximum absolute atomic E-state index is 13.3. The molecular weight excluding hydrogens is 298 g/mol. The summed E-state index contributed by atoms with van der Waals surface area (Å²) in [6.45, 7) is 1.50. The first-order chi connectivity index (χ1) is 9.83. The third-order valence-corrected chi connectivity index (χ3v) is 4.48. The summed E-state index contributed by atoms with van der Waals surface area (Å²) < 4.78 is 53.4. The van der Waals surface area contributed by atoms with Crippen molar-refractivity contribution in [1.82, 2.24) is 0 Å². The van der Waals surface area contributed by atoms with Gasteiger partial charge in [0, 0.05) is 17.8 Å². The molecule has 2 rings (SSSR count). The summed E-state index contributed by atoms with van der Waals surface area (Å²) in [6, 6.07) is 7.20. The molecule has 0 bridgehead atoms. The lowest BCUT2D eigenvalue weighted by Gasteiger charge is -2.11. The van der Waals surface area contributed by atoms with E-state index in [1.165, 1.54) is 24.3 Å². The second kappa shape index (κ2) is 5.79. The first-order valence-corrected chi connectivity index (χ1v) is 7.59. The van der Waals surface area contributed by atoms with Gasteiger partial charge in [-0.25, -0.2) is 17.2 Å². The lowest BCUT2D eigenvalue weighted by molar-refractivity contribution is 0.594. The SMILES string of the molecule is Cc1ccc(F)cc1S(=O)(=O)Nc1ccc(F)c(CN)c1. The monoisotopic (exact) mass is 312 g/mol. The van der Waals surface area contributed by atoms with Crippen molar-refractivity contribution in [2.24, 2.45) is 5.73 Å². The molecule has 0 heterocycles. The van der Waals surface area contributed by atoms with Crippen LogP contribution in [-0.2, 0) is 16.6 Å². The van der Waals surface area contributed by atoms with Gasteiger partial charge in [0.05, 0.1) is 4.90 Å². The highest BCUT2D eigenvalue weighted by atomic mass is 32.2. The standard InChI is InChI=1S/C14H14F2N2O2S/c1-9-2-3-11(15)7-14(9)21(19,20)18-12-4-5-13(16)10(6-12)8-17/h2-7,18H,8,17H2,1H3. The number of nitrogens with two attached hydrogens (primary N) is 1. The highest BCUT2D eigenvalue weighted by Gasteiger charge is 2.18. The zero-order chi connectivity index (χ0) is 15.6. The fourth-order valence-corrected chi connectivity index (χ4v) is 3.18. The predicted molar refractivity (Wildman–Crippen MR) is 76.2 cm³/mol. The average molecular weight is 312 g/mol. The van der Waals surface area contributed by atoms with Gasteiger partial charge in [-0.3, -0.25) is 4.72 Å². The Morgan fingerprint density at radius 1 is 1.14 bits per heavy atom. The van der Waals surface area contributed by atoms with E-state index in [9.17, 15) is 17.2 Å². The molecule has 7 heteroatoms. The predicted octanol–water partition coefficient (Wildman–Crippen LogP) is 2.53. The van der Waals surface area contributed by atoms with E-state index in [4.69, 9.17) is 5.73 Å². The van der Waals surface area contributed by atoms with Crippen molar-refractivity contribution in [3.63, 3.8) is 0 Å². The molecule has 21 heavy (non-hydrogen) atoms. The number of sulfonamides is 1. The molecule has 0 unspecified atom stereocenters. The van der Waals surface area contributed by atoms with Gasteiger partial charge >= 0.3 is 0 Å². The van der Waals surface area contributed by atoms with E-state index < -0.39 is 21.7 Å². The molecule has 0 saturated heterocycles. The third-order valence-electron chi connectivity index (χ3n) is 2.96. The lowest BCUT2D eigenvalue weighted by atomic mass is 10.2. The Balaban J connectivity index is 2.40. The molecule has 0 aromatic heterocycles. The van der Waals surface area contributed by atoms with Gasteiger partial charge < -0.3 is 5.73 Å². The summed E-state index contributed by atoms with van der Waals surface area (Å²) in [5.74, 6) is -1.16. The van der Waals surface area contributed by atoms with Gasteiger partial charge in [-0.1, -0.05) is 6.07 Å². The zero-order valence-electron chi connectivity index (χ0n) is 11.2. The molecule has 0 aliphatic heterocycles. The number of hydrogen-bond donors (Lipinski definition) is 2. The van der Waals surface area contributed by atoms with Gasteiger partial charge in [0.25, 0.3) is 10.0 Å². The van der Waals surface area contributed by atoms with E-state index in [1.807, 2.05) is 0 Å². The van der Waals surface area contributed by atoms with Crippen molar-refractivity contribution in [3.05, 3.63) is 59.2 Å². The second-order valence-corrected chi connectivity index (χ2v) is 6.18. The normalized spacial score (nSPS) is 11.4. The molecule has 4 nitrogen and oxygen atoms in total. The number of benzene rings is 2. The number of halogens is 2. The molecule has 3 N–H and O–H groups in total. The van der Waals surface area contributed by atoms with Crippen LogP contribution < -0.4 is 10.5 Å². The third kappa shape index (κ3) is 3.37. The van der Waals surface area contributed by atoms with Crippen molar-refractivity contribution in [1.29, 1.82) is 0 Å². The van der Waals surface area contributed by atoms with E-state index in [1.54, 1.807) is 6.92 Å². The Morgan fingerprint density at radius 3 is 2.52 bits per heavy atom. The zero-order valence-corrected chi connectivity index (χ0v) is 12.0. The summed E-state index contributed by atoms with van der Waals surface area (Å²) in [7, 11) is -3.96. The van der Waals surface area contributed by atoms with Gasteiger partial charge in [-0.2, -0.15) is 0 Å². The van der Waals surface area contributed by atoms with Crippen LogP contribution in [-0.4, -0.2) is 8.42 Å². The van der Waals surface area contributed by atoms with Crippen LogP contribution in [0.4, 0.5) is 14.5 Å². The van der Waals surface area contributed by atoms with Gasteiger partial charge in [-0.05, 0) is 42.8 Å². The Morgan fingerprint density at radius 2 is 1.86 bits per heavy atom. The number of hydrogen-bond acceptors (Lipinski definition) is 3. The van der Waals surface area contributed by atoms with E-state index >= 15 is 0 Å². The minimum atomic E-state index is -3.96. The highest BCUT2D eigenvalue weighted by molar-refractivity contribution is 7.92. The Hall–Kier alpha value is -1.99. The van der Waals surface area contributed by atoms with Crippen LogP contribution in [0.15, 0.2) is 41.3 Å². The molecule has 0 saturated carbocycles. The molecular formula is C14H14F2N2O2S. The highest BCUT2D eigenvalue weighted by Crippen LogP contribution is 2.21. The van der Waals surface area contributed by atoms with Crippen molar-refractivity contribution in [2.45, 2.75) is 18.4 Å². The van der Waals surface area contributed by atoms with Gasteiger partial charge in [0.2, 0.25) is 0 Å². The summed E-state index contributed by atoms with van der Waals surface area (Å²) in [4.78, 5) is -0.166. The summed E-state index contributed by atoms with van der Waals surface area (Å²) in [6.07, 6.45) is 0. The molecule has 2 aromatic carbocycles. The van der Waals surface area contributed by atoms with Gasteiger partial charge in [0.15, 0.2) is 0 Å². The summed E-state index contributed by atoms with van der Waals surface area (Å²) in [5.41, 5.74) is 6.13. The first kappa shape index (κ1) is 15.4. The lowest BCUT2D eigenvalue weighted by Crippen LogP contribution is -2.15. The van der Waals surface area contributed by atoms with Crippen LogP contribution in [0.5, 0.6) is 0 Å². The minimum Gasteiger partial charge on any atom is -0.326 e. The number of aryl methyl sites for hydroxylation is 1. The van der Waals surface area contributed by atoms with Gasteiger partial charge in [-0.15, -0.1) is 0 Å². The maximum atomic E-state index is 13.3. The van der Waals surface area contributed by atoms with Crippen molar-refractivity contribution in [3.8, 4) is 0 Å². The minimum absolute atomic E-state index is 0.0552. The average Bonchev–Trinajstić information content (AvgIpc) is 2.43. The largest absolute Gasteiger partial charge is 0.326 e. The second-order valence-electron chi connectivity index (χ2n) is 4.53. The van der Waals surface area contributed by atoms with Crippen LogP contribution in [0.3, 0.4) is 0 Å². The fraction of sp³-hybridized carbons (Fsp3) is 0.143. The van der Waals surface area contributed by atoms with Crippen LogP contribution >= 0.6 is 0 Å². The smallest absolute Gasteiger partial charge is 0.262 e. The van der Waals surface area contributed by atoms with Gasteiger partial charge in [0.1, 0.15) is 11.6 Å². The molecule has 0 aliphatic rings. The summed E-state index contributed by atoms with van der Waals surface area (Å²) in [5, 5.41) is 0. The Bertz CT molecular complexity index is 777. The van der Waals surface area contributed by atoms with Crippen LogP contribution in [0.1, 0.15) is 11.1 Å². The van der Waals surface area contributed by atoms with E-state index in [2.05, 4.69) is 4.72 Å². The Kier molecular flexibility index (Phi) is 4.24. The van der Waals surface area contributed by atoms with Crippen molar-refractivity contribution >= 4 is 15.7 Å². The van der Waals surface area contributed by atoms with Crippen LogP contribution in [0.25, 0.3) is 0 Å². The van der Waals surface area contributed by atoms with Crippen molar-refractivity contribution < 1.29 is 17.2 Å². The molecule has 2 aromatic rings. The molecule has 0 fully saturated rings. The van der Waals surface area contributed by atoms with Crippen LogP contribution in [0, 0.1) is 18.6 Å². The molecule has 112 valence electrons. The fourth-order valence-electron chi connectivity index (χ4n) is 1.87. The molecule has 0 spiro atoms. The molecule has 0 atom stereocenters. The van der Waals surface area contributed by atoms with E-state index in [0.29, 0.717) is 5.56 Å². The quantitative estimate of drug-likeness (QED) is 0.911. The van der Waals surface area contributed by atoms with E-state index in [-0.39, 0.29) is 22.7 Å². The molecule has 0 aliphatic carbocycles. The maximum Gasteiger partial charge on any atom is 0.262 e. The number of nitrogens with one attached hydrogen (secondary N) is 1. The van der Waals surface area contributed by atoms with Crippen LogP contribution in [0.2, 0.25) is 0 Å². The summed E-state index contributed by atoms with van der Waals surface area (Å²) >= 11 is 0. The number of anilines is 1. The number of rotatable bonds is 4. The molecule has 0 amide bonds. The van der Waals surface area contributed by atoms with E-state index in [0.717, 1.165) is 12.1 Å². The topological polar surface area (TPSA) is 72.2 Å². The van der Waals surface area contributed by atoms with Crippen molar-refractivity contribution in [2.75, 3.05) is 4.72 Å². The Labute approximate surface area is 121 Å².